The zero-order valence-corrected chi connectivity index (χ0v) is 19.3. The molecule has 0 spiro atoms. The van der Waals surface area contributed by atoms with Gasteiger partial charge in [-0.05, 0) is 49.0 Å². The lowest BCUT2D eigenvalue weighted by atomic mass is 10.1. The number of ether oxygens (including phenoxy) is 2. The van der Waals surface area contributed by atoms with Gasteiger partial charge in [-0.2, -0.15) is 0 Å². The second kappa shape index (κ2) is 9.03. The molecule has 8 nitrogen and oxygen atoms in total. The third kappa shape index (κ3) is 4.07. The van der Waals surface area contributed by atoms with E-state index >= 15 is 0 Å². The van der Waals surface area contributed by atoms with E-state index in [-0.39, 0.29) is 35.2 Å². The first-order valence-electron chi connectivity index (χ1n) is 10.3. The normalized spacial score (nSPS) is 12.8. The maximum Gasteiger partial charge on any atom is 0.261 e. The molecule has 1 aliphatic heterocycles. The third-order valence-electron chi connectivity index (χ3n) is 5.78. The molecule has 2 heterocycles. The molecular weight excluding hydrogens is 442 g/mol. The number of hydrogen-bond donors (Lipinski definition) is 1. The van der Waals surface area contributed by atoms with Crippen molar-refractivity contribution in [1.82, 2.24) is 14.5 Å². The summed E-state index contributed by atoms with van der Waals surface area (Å²) in [6.45, 7) is 1.89. The Morgan fingerprint density at radius 1 is 0.909 bits per heavy atom. The number of aromatic nitrogens is 2. The van der Waals surface area contributed by atoms with Gasteiger partial charge in [0.2, 0.25) is 0 Å². The van der Waals surface area contributed by atoms with Gasteiger partial charge in [0.25, 0.3) is 17.4 Å². The Morgan fingerprint density at radius 3 is 2.15 bits per heavy atom. The minimum Gasteiger partial charge on any atom is -0.493 e. The lowest BCUT2D eigenvalue weighted by molar-refractivity contribution is 0.0648. The van der Waals surface area contributed by atoms with Gasteiger partial charge in [0.1, 0.15) is 0 Å². The Labute approximate surface area is 195 Å². The van der Waals surface area contributed by atoms with Crippen LogP contribution in [0.3, 0.4) is 0 Å². The molecule has 0 saturated carbocycles. The zero-order valence-electron chi connectivity index (χ0n) is 18.5. The molecule has 1 aromatic heterocycles. The Kier molecular flexibility index (Phi) is 6.15. The molecule has 0 unspecified atom stereocenters. The molecule has 0 atom stereocenters. The first-order valence-corrected chi connectivity index (χ1v) is 10.7. The average molecular weight is 466 g/mol. The summed E-state index contributed by atoms with van der Waals surface area (Å²) in [7, 11) is 3.14. The molecule has 0 radical (unpaired) electrons. The Balaban J connectivity index is 1.56. The van der Waals surface area contributed by atoms with Crippen LogP contribution in [-0.4, -0.2) is 47.0 Å². The van der Waals surface area contributed by atoms with Crippen molar-refractivity contribution in [3.8, 4) is 11.5 Å². The predicted molar refractivity (Wildman–Crippen MR) is 125 cm³/mol. The predicted octanol–water partition coefficient (Wildman–Crippen LogP) is 3.12. The maximum atomic E-state index is 13.1. The standard InChI is InChI=1S/C24H23N3O5S/c1-14-18(12-15-8-9-19(31-2)20(13-15)32-3)25-24(33)27(21(14)28)11-10-26-22(29)16-6-4-5-7-17(16)23(26)30/h4-9,13H,10-12H2,1-3H3,(H,25,33). The van der Waals surface area contributed by atoms with Gasteiger partial charge in [0.15, 0.2) is 16.3 Å². The van der Waals surface area contributed by atoms with Crippen molar-refractivity contribution in [2.75, 3.05) is 20.8 Å². The Hall–Kier alpha value is -3.72. The summed E-state index contributed by atoms with van der Waals surface area (Å²) >= 11 is 5.43. The van der Waals surface area contributed by atoms with Gasteiger partial charge in [0.05, 0.1) is 25.3 Å². The van der Waals surface area contributed by atoms with Crippen molar-refractivity contribution in [3.05, 3.63) is 85.5 Å². The number of hydrogen-bond acceptors (Lipinski definition) is 6. The van der Waals surface area contributed by atoms with E-state index in [1.165, 1.54) is 4.57 Å². The van der Waals surface area contributed by atoms with Gasteiger partial charge in [-0.1, -0.05) is 18.2 Å². The fraction of sp³-hybridized carbons (Fsp3) is 0.250. The molecule has 0 saturated heterocycles. The van der Waals surface area contributed by atoms with E-state index in [0.717, 1.165) is 10.5 Å². The summed E-state index contributed by atoms with van der Waals surface area (Å²) in [4.78, 5) is 42.5. The molecule has 4 rings (SSSR count). The Bertz CT molecular complexity index is 1340. The van der Waals surface area contributed by atoms with Gasteiger partial charge >= 0.3 is 0 Å². The largest absolute Gasteiger partial charge is 0.493 e. The third-order valence-corrected chi connectivity index (χ3v) is 6.10. The van der Waals surface area contributed by atoms with Crippen molar-refractivity contribution >= 4 is 24.0 Å². The van der Waals surface area contributed by atoms with Crippen LogP contribution in [0.1, 0.15) is 37.5 Å². The Morgan fingerprint density at radius 2 is 1.55 bits per heavy atom. The molecule has 2 amide bonds. The highest BCUT2D eigenvalue weighted by Crippen LogP contribution is 2.28. The number of rotatable bonds is 7. The van der Waals surface area contributed by atoms with Crippen molar-refractivity contribution < 1.29 is 19.1 Å². The molecule has 0 aliphatic carbocycles. The number of H-pyrrole nitrogens is 1. The molecule has 0 fully saturated rings. The van der Waals surface area contributed by atoms with Crippen LogP contribution in [-0.2, 0) is 13.0 Å². The first kappa shape index (κ1) is 22.5. The summed E-state index contributed by atoms with van der Waals surface area (Å²) in [5.41, 5.74) is 2.62. The van der Waals surface area contributed by atoms with Crippen molar-refractivity contribution in [2.45, 2.75) is 19.9 Å². The number of imide groups is 1. The fourth-order valence-electron chi connectivity index (χ4n) is 3.93. The summed E-state index contributed by atoms with van der Waals surface area (Å²) in [6, 6.07) is 12.2. The lowest BCUT2D eigenvalue weighted by Crippen LogP contribution is -2.36. The van der Waals surface area contributed by atoms with Crippen LogP contribution in [0.4, 0.5) is 0 Å². The molecule has 9 heteroatoms. The molecule has 1 aliphatic rings. The van der Waals surface area contributed by atoms with Crippen molar-refractivity contribution in [2.24, 2.45) is 0 Å². The van der Waals surface area contributed by atoms with Gasteiger partial charge in [-0.3, -0.25) is 23.9 Å². The second-order valence-corrected chi connectivity index (χ2v) is 8.05. The van der Waals surface area contributed by atoms with Crippen LogP contribution in [0.2, 0.25) is 0 Å². The molecule has 170 valence electrons. The van der Waals surface area contributed by atoms with Crippen LogP contribution >= 0.6 is 12.2 Å². The van der Waals surface area contributed by atoms with E-state index in [4.69, 9.17) is 21.7 Å². The van der Waals surface area contributed by atoms with Crippen LogP contribution in [0.25, 0.3) is 0 Å². The molecule has 2 aromatic carbocycles. The topological polar surface area (TPSA) is 93.6 Å². The van der Waals surface area contributed by atoms with E-state index in [1.54, 1.807) is 51.5 Å². The molecule has 1 N–H and O–H groups in total. The number of carbonyl (C=O) groups is 2. The number of benzene rings is 2. The van der Waals surface area contributed by atoms with Gasteiger partial charge in [-0.15, -0.1) is 0 Å². The van der Waals surface area contributed by atoms with E-state index in [9.17, 15) is 14.4 Å². The minimum atomic E-state index is -0.361. The van der Waals surface area contributed by atoms with Crippen molar-refractivity contribution in [3.63, 3.8) is 0 Å². The highest BCUT2D eigenvalue weighted by Gasteiger charge is 2.34. The molecule has 33 heavy (non-hydrogen) atoms. The smallest absolute Gasteiger partial charge is 0.261 e. The van der Waals surface area contributed by atoms with Crippen LogP contribution in [0.15, 0.2) is 47.3 Å². The van der Waals surface area contributed by atoms with Crippen LogP contribution in [0, 0.1) is 11.7 Å². The number of aromatic amines is 1. The monoisotopic (exact) mass is 465 g/mol. The highest BCUT2D eigenvalue weighted by atomic mass is 32.1. The van der Waals surface area contributed by atoms with Crippen LogP contribution < -0.4 is 15.0 Å². The summed E-state index contributed by atoms with van der Waals surface area (Å²) in [6.07, 6.45) is 0.449. The van der Waals surface area contributed by atoms with Gasteiger partial charge in [0, 0.05) is 30.8 Å². The maximum absolute atomic E-state index is 13.1. The quantitative estimate of drug-likeness (QED) is 0.426. The van der Waals surface area contributed by atoms with Crippen molar-refractivity contribution in [1.29, 1.82) is 0 Å². The SMILES string of the molecule is COc1ccc(Cc2[nH]c(=S)n(CCN3C(=O)c4ccccc4C3=O)c(=O)c2C)cc1OC. The summed E-state index contributed by atoms with van der Waals surface area (Å²) < 4.78 is 12.2. The molecular formula is C24H23N3O5S. The number of methoxy groups -OCH3 is 2. The molecule has 3 aromatic rings. The van der Waals surface area contributed by atoms with Gasteiger partial charge in [-0.25, -0.2) is 0 Å². The van der Waals surface area contributed by atoms with Crippen LogP contribution in [0.5, 0.6) is 11.5 Å². The minimum absolute atomic E-state index is 0.0538. The number of nitrogens with one attached hydrogen (secondary N) is 1. The van der Waals surface area contributed by atoms with Gasteiger partial charge < -0.3 is 14.5 Å². The highest BCUT2D eigenvalue weighted by molar-refractivity contribution is 7.71. The second-order valence-electron chi connectivity index (χ2n) is 7.66. The first-order chi connectivity index (χ1) is 15.8. The van der Waals surface area contributed by atoms with E-state index in [0.29, 0.717) is 40.3 Å². The number of carbonyl (C=O) groups excluding carboxylic acids is 2. The lowest BCUT2D eigenvalue weighted by Gasteiger charge is -2.16. The number of nitrogens with zero attached hydrogens (tertiary/aromatic N) is 2. The fourth-order valence-corrected chi connectivity index (χ4v) is 4.23. The van der Waals surface area contributed by atoms with E-state index in [1.807, 2.05) is 12.1 Å². The number of amides is 2. The van der Waals surface area contributed by atoms with E-state index in [2.05, 4.69) is 4.98 Å². The summed E-state index contributed by atoms with van der Waals surface area (Å²) in [5, 5.41) is 0. The summed E-state index contributed by atoms with van der Waals surface area (Å²) in [5.74, 6) is 0.496. The molecule has 0 bridgehead atoms. The average Bonchev–Trinajstić information content (AvgIpc) is 3.07. The van der Waals surface area contributed by atoms with E-state index < -0.39 is 0 Å². The number of fused-ring (bicyclic) bond motifs is 1. The zero-order chi connectivity index (χ0) is 23.7.